The van der Waals surface area contributed by atoms with Crippen LogP contribution in [-0.2, 0) is 12.8 Å². The third kappa shape index (κ3) is 2.32. The van der Waals surface area contributed by atoms with Crippen molar-refractivity contribution in [2.24, 2.45) is 5.92 Å². The molecular weight excluding hydrogens is 306 g/mol. The molecule has 1 aliphatic carbocycles. The zero-order valence-corrected chi connectivity index (χ0v) is 14.2. The fourth-order valence-corrected chi connectivity index (χ4v) is 4.68. The summed E-state index contributed by atoms with van der Waals surface area (Å²) in [5, 5.41) is 6.09. The zero-order valence-electron chi connectivity index (χ0n) is 14.2. The van der Waals surface area contributed by atoms with Crippen LogP contribution in [0.2, 0.25) is 0 Å². The van der Waals surface area contributed by atoms with Crippen LogP contribution in [0.5, 0.6) is 0 Å². The van der Waals surface area contributed by atoms with E-state index in [0.717, 1.165) is 31.4 Å². The van der Waals surface area contributed by atoms with Gasteiger partial charge in [0.15, 0.2) is 5.78 Å². The third-order valence-electron chi connectivity index (χ3n) is 5.90. The monoisotopic (exact) mass is 327 g/mol. The smallest absolute Gasteiger partial charge is 0.168 e. The number of carbonyl (C=O) groups is 1. The Kier molecular flexibility index (Phi) is 3.46. The highest BCUT2D eigenvalue weighted by atomic mass is 16.1. The molecule has 0 spiro atoms. The van der Waals surface area contributed by atoms with Gasteiger partial charge in [0.2, 0.25) is 0 Å². The molecule has 0 amide bonds. The summed E-state index contributed by atoms with van der Waals surface area (Å²) in [5.74, 6) is 0.344. The van der Waals surface area contributed by atoms with Gasteiger partial charge in [-0.1, -0.05) is 60.7 Å². The van der Waals surface area contributed by atoms with Gasteiger partial charge in [0.1, 0.15) is 0 Å². The SMILES string of the molecule is O=C1c2ccc3ccccc3c2CC[C@H]1[C@@H]1NCCc2ccccc21. The summed E-state index contributed by atoms with van der Waals surface area (Å²) in [6, 6.07) is 21.3. The second kappa shape index (κ2) is 5.82. The van der Waals surface area contributed by atoms with E-state index in [0.29, 0.717) is 5.78 Å². The minimum atomic E-state index is 0.0371. The molecule has 0 unspecified atom stereocenters. The predicted octanol–water partition coefficient (Wildman–Crippen LogP) is 4.47. The van der Waals surface area contributed by atoms with Gasteiger partial charge >= 0.3 is 0 Å². The summed E-state index contributed by atoms with van der Waals surface area (Å²) in [6.45, 7) is 0.954. The van der Waals surface area contributed by atoms with Crippen molar-refractivity contribution in [3.63, 3.8) is 0 Å². The van der Waals surface area contributed by atoms with E-state index in [2.05, 4.69) is 59.9 Å². The van der Waals surface area contributed by atoms with Crippen LogP contribution in [0, 0.1) is 5.92 Å². The number of hydrogen-bond acceptors (Lipinski definition) is 2. The highest BCUT2D eigenvalue weighted by Crippen LogP contribution is 2.39. The quantitative estimate of drug-likeness (QED) is 0.714. The van der Waals surface area contributed by atoms with Crippen LogP contribution in [0.25, 0.3) is 10.8 Å². The molecule has 0 saturated heterocycles. The summed E-state index contributed by atoms with van der Waals surface area (Å²) < 4.78 is 0. The molecule has 0 saturated carbocycles. The summed E-state index contributed by atoms with van der Waals surface area (Å²) in [6.07, 6.45) is 2.95. The van der Waals surface area contributed by atoms with Gasteiger partial charge in [-0.15, -0.1) is 0 Å². The maximum atomic E-state index is 13.3. The third-order valence-corrected chi connectivity index (χ3v) is 5.90. The van der Waals surface area contributed by atoms with Gasteiger partial charge < -0.3 is 5.32 Å². The number of hydrogen-bond donors (Lipinski definition) is 1. The molecule has 0 aromatic heterocycles. The second-order valence-corrected chi connectivity index (χ2v) is 7.20. The fourth-order valence-electron chi connectivity index (χ4n) is 4.68. The standard InChI is InChI=1S/C23H21NO/c25-23-20-10-9-15-5-1-3-7-17(15)19(20)11-12-21(23)22-18-8-4-2-6-16(18)13-14-24-22/h1-10,21-22,24H,11-14H2/t21-,22+/m0/s1. The average Bonchev–Trinajstić information content (AvgIpc) is 2.68. The molecule has 2 aliphatic rings. The van der Waals surface area contributed by atoms with Crippen molar-refractivity contribution >= 4 is 16.6 Å². The van der Waals surface area contributed by atoms with Gasteiger partial charge in [-0.25, -0.2) is 0 Å². The van der Waals surface area contributed by atoms with Crippen LogP contribution in [0.1, 0.15) is 39.5 Å². The number of ketones is 1. The van der Waals surface area contributed by atoms with Gasteiger partial charge in [-0.05, 0) is 53.3 Å². The van der Waals surface area contributed by atoms with Gasteiger partial charge in [0, 0.05) is 17.5 Å². The number of Topliss-reactive ketones (excluding diaryl/α,β-unsaturated/α-hetero) is 1. The number of nitrogens with one attached hydrogen (secondary N) is 1. The van der Waals surface area contributed by atoms with Crippen LogP contribution in [0.3, 0.4) is 0 Å². The first-order valence-electron chi connectivity index (χ1n) is 9.19. The molecule has 2 nitrogen and oxygen atoms in total. The van der Waals surface area contributed by atoms with E-state index in [1.165, 1.54) is 27.5 Å². The molecule has 3 aromatic rings. The van der Waals surface area contributed by atoms with E-state index in [1.807, 2.05) is 6.07 Å². The first kappa shape index (κ1) is 14.9. The van der Waals surface area contributed by atoms with Crippen molar-refractivity contribution in [1.29, 1.82) is 0 Å². The average molecular weight is 327 g/mol. The van der Waals surface area contributed by atoms with Gasteiger partial charge in [-0.3, -0.25) is 4.79 Å². The first-order chi connectivity index (χ1) is 12.3. The molecule has 124 valence electrons. The fraction of sp³-hybridized carbons (Fsp3) is 0.261. The molecule has 1 heterocycles. The van der Waals surface area contributed by atoms with Crippen molar-refractivity contribution in [2.75, 3.05) is 6.54 Å². The highest BCUT2D eigenvalue weighted by Gasteiger charge is 2.36. The predicted molar refractivity (Wildman–Crippen MR) is 101 cm³/mol. The normalized spacial score (nSPS) is 22.5. The van der Waals surface area contributed by atoms with E-state index in [9.17, 15) is 4.79 Å². The van der Waals surface area contributed by atoms with E-state index in [-0.39, 0.29) is 12.0 Å². The van der Waals surface area contributed by atoms with Crippen LogP contribution in [0.4, 0.5) is 0 Å². The zero-order chi connectivity index (χ0) is 16.8. The Labute approximate surface area is 147 Å². The molecule has 3 aromatic carbocycles. The highest BCUT2D eigenvalue weighted by molar-refractivity contribution is 6.05. The Morgan fingerprint density at radius 1 is 0.880 bits per heavy atom. The lowest BCUT2D eigenvalue weighted by Gasteiger charge is -2.35. The van der Waals surface area contributed by atoms with E-state index >= 15 is 0 Å². The number of carbonyl (C=O) groups excluding carboxylic acids is 1. The molecule has 1 aliphatic heterocycles. The molecular formula is C23H21NO. The molecule has 0 bridgehead atoms. The van der Waals surface area contributed by atoms with Crippen molar-refractivity contribution < 1.29 is 4.79 Å². The lowest BCUT2D eigenvalue weighted by Crippen LogP contribution is -2.39. The van der Waals surface area contributed by atoms with Gasteiger partial charge in [-0.2, -0.15) is 0 Å². The van der Waals surface area contributed by atoms with E-state index in [1.54, 1.807) is 0 Å². The molecule has 1 N–H and O–H groups in total. The van der Waals surface area contributed by atoms with E-state index in [4.69, 9.17) is 0 Å². The van der Waals surface area contributed by atoms with Crippen LogP contribution >= 0.6 is 0 Å². The lowest BCUT2D eigenvalue weighted by atomic mass is 9.74. The van der Waals surface area contributed by atoms with Crippen molar-refractivity contribution in [1.82, 2.24) is 5.32 Å². The maximum Gasteiger partial charge on any atom is 0.168 e. The second-order valence-electron chi connectivity index (χ2n) is 7.20. The summed E-state index contributed by atoms with van der Waals surface area (Å²) >= 11 is 0. The number of aryl methyl sites for hydroxylation is 1. The van der Waals surface area contributed by atoms with Gasteiger partial charge in [0.05, 0.1) is 0 Å². The Morgan fingerprint density at radius 2 is 1.72 bits per heavy atom. The maximum absolute atomic E-state index is 13.3. The minimum Gasteiger partial charge on any atom is -0.309 e. The van der Waals surface area contributed by atoms with E-state index < -0.39 is 0 Å². The van der Waals surface area contributed by atoms with Crippen LogP contribution < -0.4 is 5.32 Å². The Hall–Kier alpha value is -2.45. The molecule has 5 rings (SSSR count). The lowest BCUT2D eigenvalue weighted by molar-refractivity contribution is 0.0864. The largest absolute Gasteiger partial charge is 0.309 e. The Bertz CT molecular complexity index is 975. The number of benzene rings is 3. The number of rotatable bonds is 1. The van der Waals surface area contributed by atoms with Crippen molar-refractivity contribution in [3.05, 3.63) is 82.9 Å². The molecule has 25 heavy (non-hydrogen) atoms. The Balaban J connectivity index is 1.57. The van der Waals surface area contributed by atoms with Crippen LogP contribution in [0.15, 0.2) is 60.7 Å². The van der Waals surface area contributed by atoms with Gasteiger partial charge in [0.25, 0.3) is 0 Å². The van der Waals surface area contributed by atoms with Crippen LogP contribution in [-0.4, -0.2) is 12.3 Å². The topological polar surface area (TPSA) is 29.1 Å². The molecule has 2 heteroatoms. The van der Waals surface area contributed by atoms with Crippen molar-refractivity contribution in [2.45, 2.75) is 25.3 Å². The first-order valence-corrected chi connectivity index (χ1v) is 9.19. The number of fused-ring (bicyclic) bond motifs is 4. The summed E-state index contributed by atoms with van der Waals surface area (Å²) in [7, 11) is 0. The Morgan fingerprint density at radius 3 is 2.68 bits per heavy atom. The summed E-state index contributed by atoms with van der Waals surface area (Å²) in [5.41, 5.74) is 4.88. The van der Waals surface area contributed by atoms with Crippen molar-refractivity contribution in [3.8, 4) is 0 Å². The summed E-state index contributed by atoms with van der Waals surface area (Å²) in [4.78, 5) is 13.3. The molecule has 0 radical (unpaired) electrons. The molecule has 0 fully saturated rings. The molecule has 2 atom stereocenters. The minimum absolute atomic E-state index is 0.0371.